The number of hydrogen-bond donors (Lipinski definition) is 0. The quantitative estimate of drug-likeness (QED) is 0.660. The predicted molar refractivity (Wildman–Crippen MR) is 104 cm³/mol. The van der Waals surface area contributed by atoms with Crippen LogP contribution in [-0.4, -0.2) is 17.5 Å². The van der Waals surface area contributed by atoms with E-state index in [0.717, 1.165) is 46.4 Å². The van der Waals surface area contributed by atoms with Crippen molar-refractivity contribution in [3.63, 3.8) is 0 Å². The van der Waals surface area contributed by atoms with Gasteiger partial charge in [-0.3, -0.25) is 9.98 Å². The van der Waals surface area contributed by atoms with E-state index in [1.54, 1.807) is 18.2 Å². The Bertz CT molecular complexity index is 1030. The Hall–Kier alpha value is -2.82. The molecule has 0 bridgehead atoms. The van der Waals surface area contributed by atoms with Crippen LogP contribution in [0.5, 0.6) is 5.75 Å². The van der Waals surface area contributed by atoms with Crippen LogP contribution in [0.4, 0.5) is 14.5 Å². The first-order chi connectivity index (χ1) is 12.7. The normalized spacial score (nSPS) is 18.7. The number of alkyl halides is 2. The van der Waals surface area contributed by atoms with Gasteiger partial charge in [-0.05, 0) is 44.5 Å². The van der Waals surface area contributed by atoms with E-state index in [9.17, 15) is 8.78 Å². The van der Waals surface area contributed by atoms with Crippen molar-refractivity contribution in [2.24, 2.45) is 9.98 Å². The molecule has 2 aliphatic heterocycles. The Morgan fingerprint density at radius 3 is 2.48 bits per heavy atom. The molecule has 2 aromatic rings. The van der Waals surface area contributed by atoms with Gasteiger partial charge in [0.2, 0.25) is 0 Å². The van der Waals surface area contributed by atoms with E-state index in [1.807, 2.05) is 39.0 Å². The zero-order chi connectivity index (χ0) is 19.3. The summed E-state index contributed by atoms with van der Waals surface area (Å²) >= 11 is 0. The maximum Gasteiger partial charge on any atom is 0.394 e. The number of allylic oxidation sites excluding steroid dienone is 2. The van der Waals surface area contributed by atoms with Crippen LogP contribution in [0.2, 0.25) is 0 Å². The van der Waals surface area contributed by atoms with Crippen LogP contribution in [-0.2, 0) is 0 Å². The summed E-state index contributed by atoms with van der Waals surface area (Å²) in [6.07, 6.45) is -3.26. The summed E-state index contributed by atoms with van der Waals surface area (Å²) in [4.78, 5) is 9.49. The van der Waals surface area contributed by atoms with Crippen LogP contribution < -0.4 is 4.74 Å². The number of aryl methyl sites for hydroxylation is 1. The molecule has 0 spiro atoms. The molecule has 0 saturated carbocycles. The van der Waals surface area contributed by atoms with Crippen molar-refractivity contribution in [1.29, 1.82) is 0 Å². The summed E-state index contributed by atoms with van der Waals surface area (Å²) in [6, 6.07) is 13.0. The standard InChI is InChI=1S/C22H20F2N2O/c1-12-9-10-17-16(11-12)20-19(13(2)25-17)14(3)26-21(20)15-7-5-6-8-18(15)27-22(4,23)24/h5-11,20H,1-4H3. The Kier molecular flexibility index (Phi) is 3.98. The molecule has 5 heteroatoms. The lowest BCUT2D eigenvalue weighted by Gasteiger charge is -2.26. The summed E-state index contributed by atoms with van der Waals surface area (Å²) in [5.41, 5.74) is 7.19. The molecule has 27 heavy (non-hydrogen) atoms. The smallest absolute Gasteiger partial charge is 0.394 e. The molecule has 1 atom stereocenters. The fourth-order valence-electron chi connectivity index (χ4n) is 3.85. The fourth-order valence-corrected chi connectivity index (χ4v) is 3.85. The Morgan fingerprint density at radius 1 is 1.00 bits per heavy atom. The molecule has 0 amide bonds. The van der Waals surface area contributed by atoms with Crippen molar-refractivity contribution < 1.29 is 13.5 Å². The fraction of sp³-hybridized carbons (Fsp3) is 0.273. The third-order valence-electron chi connectivity index (χ3n) is 4.86. The molecule has 0 fully saturated rings. The number of aliphatic imine (C=N–C) groups is 2. The van der Waals surface area contributed by atoms with Gasteiger partial charge in [0.1, 0.15) is 5.75 Å². The molecular formula is C22H20F2N2O. The molecule has 0 radical (unpaired) electrons. The summed E-state index contributed by atoms with van der Waals surface area (Å²) in [7, 11) is 0. The van der Waals surface area contributed by atoms with Crippen molar-refractivity contribution >= 4 is 17.1 Å². The van der Waals surface area contributed by atoms with E-state index in [1.165, 1.54) is 0 Å². The SMILES string of the molecule is CC1=Nc2ccc(C)cc2C2C(c3ccccc3OC(C)(F)F)=NC(C)=C12. The number of para-hydroxylation sites is 1. The minimum atomic E-state index is -3.26. The Morgan fingerprint density at radius 2 is 1.74 bits per heavy atom. The van der Waals surface area contributed by atoms with Gasteiger partial charge in [0, 0.05) is 29.5 Å². The lowest BCUT2D eigenvalue weighted by molar-refractivity contribution is -0.159. The van der Waals surface area contributed by atoms with Gasteiger partial charge in [-0.25, -0.2) is 0 Å². The van der Waals surface area contributed by atoms with Crippen LogP contribution in [0.15, 0.2) is 63.7 Å². The highest BCUT2D eigenvalue weighted by Gasteiger charge is 2.38. The second-order valence-electron chi connectivity index (χ2n) is 7.09. The molecule has 0 N–H and O–H groups in total. The first kappa shape index (κ1) is 17.6. The summed E-state index contributed by atoms with van der Waals surface area (Å²) in [5, 5.41) is 0. The number of halogens is 2. The van der Waals surface area contributed by atoms with Gasteiger partial charge < -0.3 is 4.74 Å². The maximum absolute atomic E-state index is 13.5. The molecule has 138 valence electrons. The zero-order valence-electron chi connectivity index (χ0n) is 15.7. The minimum Gasteiger partial charge on any atom is -0.432 e. The number of benzene rings is 2. The van der Waals surface area contributed by atoms with Gasteiger partial charge in [0.15, 0.2) is 0 Å². The summed E-state index contributed by atoms with van der Waals surface area (Å²) < 4.78 is 32.0. The molecule has 2 aliphatic rings. The van der Waals surface area contributed by atoms with Crippen molar-refractivity contribution in [3.05, 3.63) is 70.4 Å². The number of nitrogens with zero attached hydrogens (tertiary/aromatic N) is 2. The second-order valence-corrected chi connectivity index (χ2v) is 7.09. The van der Waals surface area contributed by atoms with Gasteiger partial charge in [0.25, 0.3) is 0 Å². The van der Waals surface area contributed by atoms with Crippen LogP contribution in [0, 0.1) is 6.92 Å². The third-order valence-corrected chi connectivity index (χ3v) is 4.86. The number of fused-ring (bicyclic) bond motifs is 3. The van der Waals surface area contributed by atoms with Crippen LogP contribution >= 0.6 is 0 Å². The van der Waals surface area contributed by atoms with Crippen molar-refractivity contribution in [3.8, 4) is 5.75 Å². The van der Waals surface area contributed by atoms with E-state index in [2.05, 4.69) is 6.07 Å². The lowest BCUT2D eigenvalue weighted by atomic mass is 9.80. The largest absolute Gasteiger partial charge is 0.432 e. The molecule has 0 saturated heterocycles. The minimum absolute atomic E-state index is 0.132. The van der Waals surface area contributed by atoms with Gasteiger partial charge in [0.05, 0.1) is 17.3 Å². The van der Waals surface area contributed by atoms with E-state index in [-0.39, 0.29) is 11.7 Å². The molecule has 4 rings (SSSR count). The van der Waals surface area contributed by atoms with E-state index < -0.39 is 6.11 Å². The second kappa shape index (κ2) is 6.12. The van der Waals surface area contributed by atoms with Gasteiger partial charge >= 0.3 is 6.11 Å². The first-order valence-electron chi connectivity index (χ1n) is 8.86. The molecule has 3 nitrogen and oxygen atoms in total. The molecule has 1 unspecified atom stereocenters. The van der Waals surface area contributed by atoms with Crippen molar-refractivity contribution in [1.82, 2.24) is 0 Å². The third kappa shape index (κ3) is 3.07. The molecular weight excluding hydrogens is 346 g/mol. The molecule has 0 aromatic heterocycles. The molecule has 2 heterocycles. The maximum atomic E-state index is 13.5. The van der Waals surface area contributed by atoms with Crippen molar-refractivity contribution in [2.75, 3.05) is 0 Å². The Balaban J connectivity index is 1.88. The highest BCUT2D eigenvalue weighted by atomic mass is 19.3. The van der Waals surface area contributed by atoms with Gasteiger partial charge in [-0.2, -0.15) is 8.78 Å². The van der Waals surface area contributed by atoms with E-state index in [0.29, 0.717) is 5.56 Å². The molecule has 2 aromatic carbocycles. The number of hydrogen-bond acceptors (Lipinski definition) is 3. The topological polar surface area (TPSA) is 34.0 Å². The average molecular weight is 366 g/mol. The van der Waals surface area contributed by atoms with Crippen LogP contribution in [0.1, 0.15) is 43.4 Å². The van der Waals surface area contributed by atoms with Crippen LogP contribution in [0.3, 0.4) is 0 Å². The summed E-state index contributed by atoms with van der Waals surface area (Å²) in [6.45, 7) is 6.68. The zero-order valence-corrected chi connectivity index (χ0v) is 15.7. The predicted octanol–water partition coefficient (Wildman–Crippen LogP) is 5.95. The van der Waals surface area contributed by atoms with Crippen molar-refractivity contribution in [2.45, 2.75) is 39.7 Å². The first-order valence-corrected chi connectivity index (χ1v) is 8.86. The lowest BCUT2D eigenvalue weighted by Crippen LogP contribution is -2.23. The van der Waals surface area contributed by atoms with E-state index >= 15 is 0 Å². The highest BCUT2D eigenvalue weighted by molar-refractivity contribution is 6.20. The number of ether oxygens (including phenoxy) is 1. The van der Waals surface area contributed by atoms with Crippen LogP contribution in [0.25, 0.3) is 0 Å². The van der Waals surface area contributed by atoms with E-state index in [4.69, 9.17) is 14.7 Å². The molecule has 0 aliphatic carbocycles. The number of rotatable bonds is 3. The monoisotopic (exact) mass is 366 g/mol. The highest BCUT2D eigenvalue weighted by Crippen LogP contribution is 2.46. The van der Waals surface area contributed by atoms with Gasteiger partial charge in [-0.15, -0.1) is 0 Å². The van der Waals surface area contributed by atoms with Gasteiger partial charge in [-0.1, -0.05) is 29.8 Å². The average Bonchev–Trinajstić information content (AvgIpc) is 2.93. The summed E-state index contributed by atoms with van der Waals surface area (Å²) in [5.74, 6) is -0.000188. The Labute approximate surface area is 157 Å².